The number of aliphatic carboxylic acids is 1. The van der Waals surface area contributed by atoms with E-state index in [9.17, 15) is 9.18 Å². The molecule has 15 heavy (non-hydrogen) atoms. The van der Waals surface area contributed by atoms with E-state index in [2.05, 4.69) is 0 Å². The third kappa shape index (κ3) is 2.29. The van der Waals surface area contributed by atoms with E-state index < -0.39 is 11.6 Å². The molecule has 0 saturated heterocycles. The third-order valence-corrected chi connectivity index (χ3v) is 2.73. The minimum absolute atomic E-state index is 0.0669. The first-order chi connectivity index (χ1) is 6.89. The highest BCUT2D eigenvalue weighted by Crippen LogP contribution is 2.29. The molecule has 0 fully saturated rings. The van der Waals surface area contributed by atoms with Crippen LogP contribution in [0.3, 0.4) is 0 Å². The van der Waals surface area contributed by atoms with Crippen LogP contribution in [-0.2, 0) is 16.9 Å². The van der Waals surface area contributed by atoms with Gasteiger partial charge in [-0.2, -0.15) is 0 Å². The molecule has 0 heterocycles. The molecular formula is C11H12ClFO2. The van der Waals surface area contributed by atoms with Crippen LogP contribution in [0.2, 0.25) is 5.02 Å². The average molecular weight is 231 g/mol. The molecule has 1 rings (SSSR count). The number of hydrogen-bond donors (Lipinski definition) is 1. The molecule has 0 saturated carbocycles. The van der Waals surface area contributed by atoms with Crippen molar-refractivity contribution in [2.45, 2.75) is 25.9 Å². The van der Waals surface area contributed by atoms with Crippen LogP contribution in [0.15, 0.2) is 18.2 Å². The zero-order valence-electron chi connectivity index (χ0n) is 8.55. The molecule has 1 aromatic carbocycles. The molecule has 0 amide bonds. The quantitative estimate of drug-likeness (QED) is 0.866. The highest BCUT2D eigenvalue weighted by molar-refractivity contribution is 6.31. The van der Waals surface area contributed by atoms with Gasteiger partial charge in [-0.1, -0.05) is 30.7 Å². The zero-order chi connectivity index (χ0) is 11.6. The van der Waals surface area contributed by atoms with Crippen LogP contribution in [0.4, 0.5) is 4.39 Å². The summed E-state index contributed by atoms with van der Waals surface area (Å²) >= 11 is 5.88. The van der Waals surface area contributed by atoms with Crippen molar-refractivity contribution in [1.29, 1.82) is 0 Å². The molecule has 0 bridgehead atoms. The smallest absolute Gasteiger partial charge is 0.345 e. The Kier molecular flexibility index (Phi) is 3.35. The SMILES string of the molecule is CCc1ccc(C(C)(F)C(=O)O)cc1Cl. The molecule has 0 aliphatic carbocycles. The van der Waals surface area contributed by atoms with Crippen LogP contribution >= 0.6 is 11.6 Å². The van der Waals surface area contributed by atoms with Crippen LogP contribution < -0.4 is 0 Å². The Morgan fingerprint density at radius 3 is 2.60 bits per heavy atom. The number of carboxylic acids is 1. The Hall–Kier alpha value is -1.09. The number of aryl methyl sites for hydroxylation is 1. The summed E-state index contributed by atoms with van der Waals surface area (Å²) in [6, 6.07) is 4.48. The van der Waals surface area contributed by atoms with Gasteiger partial charge in [0, 0.05) is 10.6 Å². The minimum Gasteiger partial charge on any atom is -0.479 e. The van der Waals surface area contributed by atoms with Crippen molar-refractivity contribution < 1.29 is 14.3 Å². The van der Waals surface area contributed by atoms with E-state index in [4.69, 9.17) is 16.7 Å². The van der Waals surface area contributed by atoms with Gasteiger partial charge >= 0.3 is 5.97 Å². The van der Waals surface area contributed by atoms with Gasteiger partial charge in [-0.05, 0) is 25.0 Å². The van der Waals surface area contributed by atoms with E-state index >= 15 is 0 Å². The number of carboxylic acid groups (broad SMARTS) is 1. The van der Waals surface area contributed by atoms with Gasteiger partial charge in [-0.15, -0.1) is 0 Å². The standard InChI is InChI=1S/C11H12ClFO2/c1-3-7-4-5-8(6-9(7)12)11(2,13)10(14)15/h4-6H,3H2,1-2H3,(H,14,15). The predicted octanol–water partition coefficient (Wildman–Crippen LogP) is 3.17. The van der Waals surface area contributed by atoms with E-state index in [0.29, 0.717) is 5.02 Å². The minimum atomic E-state index is -2.39. The summed E-state index contributed by atoms with van der Waals surface area (Å²) in [4.78, 5) is 10.7. The third-order valence-electron chi connectivity index (χ3n) is 2.38. The second kappa shape index (κ2) is 4.19. The highest BCUT2D eigenvalue weighted by atomic mass is 35.5. The summed E-state index contributed by atoms with van der Waals surface area (Å²) < 4.78 is 13.7. The Morgan fingerprint density at radius 2 is 2.20 bits per heavy atom. The molecule has 1 N–H and O–H groups in total. The Morgan fingerprint density at radius 1 is 1.60 bits per heavy atom. The fourth-order valence-electron chi connectivity index (χ4n) is 1.25. The van der Waals surface area contributed by atoms with Crippen molar-refractivity contribution in [3.63, 3.8) is 0 Å². The van der Waals surface area contributed by atoms with Gasteiger partial charge in [-0.25, -0.2) is 9.18 Å². The highest BCUT2D eigenvalue weighted by Gasteiger charge is 2.35. The fourth-order valence-corrected chi connectivity index (χ4v) is 1.56. The normalized spacial score (nSPS) is 14.7. The van der Waals surface area contributed by atoms with Crippen LogP contribution in [-0.4, -0.2) is 11.1 Å². The lowest BCUT2D eigenvalue weighted by atomic mass is 9.96. The topological polar surface area (TPSA) is 37.3 Å². The first-order valence-corrected chi connectivity index (χ1v) is 4.98. The molecule has 1 aromatic rings. The molecule has 2 nitrogen and oxygen atoms in total. The summed E-state index contributed by atoms with van der Waals surface area (Å²) in [7, 11) is 0. The van der Waals surface area contributed by atoms with Crippen LogP contribution in [0.25, 0.3) is 0 Å². The van der Waals surface area contributed by atoms with Gasteiger partial charge in [0.15, 0.2) is 0 Å². The van der Waals surface area contributed by atoms with E-state index in [1.807, 2.05) is 6.92 Å². The molecule has 4 heteroatoms. The number of hydrogen-bond acceptors (Lipinski definition) is 1. The largest absolute Gasteiger partial charge is 0.479 e. The fraction of sp³-hybridized carbons (Fsp3) is 0.364. The van der Waals surface area contributed by atoms with Gasteiger partial charge in [0.1, 0.15) is 0 Å². The summed E-state index contributed by atoms with van der Waals surface area (Å²) in [6.07, 6.45) is 0.731. The predicted molar refractivity (Wildman–Crippen MR) is 56.9 cm³/mol. The Bertz CT molecular complexity index is 388. The second-order valence-corrected chi connectivity index (χ2v) is 3.88. The first kappa shape index (κ1) is 12.0. The van der Waals surface area contributed by atoms with Crippen LogP contribution in [0.1, 0.15) is 25.0 Å². The molecular weight excluding hydrogens is 219 g/mol. The molecule has 0 spiro atoms. The number of alkyl halides is 1. The molecule has 1 unspecified atom stereocenters. The van der Waals surface area contributed by atoms with E-state index in [0.717, 1.165) is 18.9 Å². The van der Waals surface area contributed by atoms with Crippen molar-refractivity contribution >= 4 is 17.6 Å². The first-order valence-electron chi connectivity index (χ1n) is 4.60. The zero-order valence-corrected chi connectivity index (χ0v) is 9.31. The monoisotopic (exact) mass is 230 g/mol. The van der Waals surface area contributed by atoms with E-state index in [-0.39, 0.29) is 5.56 Å². The Labute approximate surface area is 92.7 Å². The van der Waals surface area contributed by atoms with Crippen molar-refractivity contribution in [2.75, 3.05) is 0 Å². The summed E-state index contributed by atoms with van der Waals surface area (Å²) in [6.45, 7) is 2.93. The number of rotatable bonds is 3. The average Bonchev–Trinajstić information content (AvgIpc) is 2.17. The molecule has 1 atom stereocenters. The Balaban J connectivity index is 3.18. The van der Waals surface area contributed by atoms with Gasteiger partial charge in [-0.3, -0.25) is 0 Å². The lowest BCUT2D eigenvalue weighted by Crippen LogP contribution is -2.26. The van der Waals surface area contributed by atoms with Crippen LogP contribution in [0.5, 0.6) is 0 Å². The number of carbonyl (C=O) groups is 1. The summed E-state index contributed by atoms with van der Waals surface area (Å²) in [5.74, 6) is -1.51. The van der Waals surface area contributed by atoms with Gasteiger partial charge in [0.25, 0.3) is 0 Å². The maximum Gasteiger partial charge on any atom is 0.345 e. The molecule has 0 radical (unpaired) electrons. The maximum absolute atomic E-state index is 13.7. The van der Waals surface area contributed by atoms with E-state index in [1.165, 1.54) is 12.1 Å². The maximum atomic E-state index is 13.7. The van der Waals surface area contributed by atoms with Gasteiger partial charge < -0.3 is 5.11 Å². The van der Waals surface area contributed by atoms with Crippen LogP contribution in [0, 0.1) is 0 Å². The second-order valence-electron chi connectivity index (χ2n) is 3.47. The molecule has 82 valence electrons. The van der Waals surface area contributed by atoms with Gasteiger partial charge in [0.2, 0.25) is 5.67 Å². The van der Waals surface area contributed by atoms with Crippen molar-refractivity contribution in [3.05, 3.63) is 34.3 Å². The van der Waals surface area contributed by atoms with Gasteiger partial charge in [0.05, 0.1) is 0 Å². The lowest BCUT2D eigenvalue weighted by Gasteiger charge is -2.16. The van der Waals surface area contributed by atoms with Crippen molar-refractivity contribution in [1.82, 2.24) is 0 Å². The van der Waals surface area contributed by atoms with Crippen molar-refractivity contribution in [3.8, 4) is 0 Å². The lowest BCUT2D eigenvalue weighted by molar-refractivity contribution is -0.150. The molecule has 0 aromatic heterocycles. The molecule has 0 aliphatic heterocycles. The van der Waals surface area contributed by atoms with Crippen molar-refractivity contribution in [2.24, 2.45) is 0 Å². The van der Waals surface area contributed by atoms with E-state index in [1.54, 1.807) is 6.07 Å². The number of benzene rings is 1. The molecule has 0 aliphatic rings. The summed E-state index contributed by atoms with van der Waals surface area (Å²) in [5, 5.41) is 9.10. The number of halogens is 2. The summed E-state index contributed by atoms with van der Waals surface area (Å²) in [5.41, 5.74) is -1.45.